The summed E-state index contributed by atoms with van der Waals surface area (Å²) in [7, 11) is 1.94. The molecule has 1 saturated carbocycles. The molecule has 1 saturated heterocycles. The van der Waals surface area contributed by atoms with Crippen molar-refractivity contribution in [2.75, 3.05) is 26.2 Å². The molecule has 0 aromatic carbocycles. The summed E-state index contributed by atoms with van der Waals surface area (Å²) in [6, 6.07) is 0. The van der Waals surface area contributed by atoms with Crippen LogP contribution in [-0.4, -0.2) is 56.7 Å². The third kappa shape index (κ3) is 3.52. The lowest BCUT2D eigenvalue weighted by Crippen LogP contribution is -2.34. The van der Waals surface area contributed by atoms with Crippen molar-refractivity contribution in [3.05, 3.63) is 34.0 Å². The molecule has 128 valence electrons. The summed E-state index contributed by atoms with van der Waals surface area (Å²) >= 11 is 1.59. The summed E-state index contributed by atoms with van der Waals surface area (Å²) < 4.78 is 1.84. The number of hydrogen-bond donors (Lipinski definition) is 0. The van der Waals surface area contributed by atoms with E-state index in [4.69, 9.17) is 0 Å². The van der Waals surface area contributed by atoms with Crippen LogP contribution in [0.3, 0.4) is 0 Å². The fourth-order valence-electron chi connectivity index (χ4n) is 3.21. The molecule has 0 unspecified atom stereocenters. The Balaban J connectivity index is 1.35. The number of thiazole rings is 1. The summed E-state index contributed by atoms with van der Waals surface area (Å²) in [5.74, 6) is 0.776. The Morgan fingerprint density at radius 1 is 1.25 bits per heavy atom. The summed E-state index contributed by atoms with van der Waals surface area (Å²) in [5, 5.41) is 5.37. The number of rotatable bonds is 4. The first-order chi connectivity index (χ1) is 11.7. The zero-order chi connectivity index (χ0) is 16.5. The van der Waals surface area contributed by atoms with E-state index < -0.39 is 0 Å². The Morgan fingerprint density at radius 3 is 2.88 bits per heavy atom. The van der Waals surface area contributed by atoms with Crippen molar-refractivity contribution in [3.63, 3.8) is 0 Å². The van der Waals surface area contributed by atoms with Crippen molar-refractivity contribution in [1.82, 2.24) is 24.6 Å². The predicted molar refractivity (Wildman–Crippen MR) is 93.1 cm³/mol. The fourth-order valence-corrected chi connectivity index (χ4v) is 4.26. The van der Waals surface area contributed by atoms with Crippen molar-refractivity contribution in [1.29, 1.82) is 0 Å². The smallest absolute Gasteiger partial charge is 0.265 e. The lowest BCUT2D eigenvalue weighted by atomic mass is 10.3. The normalized spacial score (nSPS) is 19.5. The Labute approximate surface area is 146 Å². The lowest BCUT2D eigenvalue weighted by Gasteiger charge is -2.21. The van der Waals surface area contributed by atoms with Crippen molar-refractivity contribution < 1.29 is 4.79 Å². The van der Waals surface area contributed by atoms with Crippen LogP contribution in [0.5, 0.6) is 0 Å². The summed E-state index contributed by atoms with van der Waals surface area (Å²) in [4.78, 5) is 22.4. The van der Waals surface area contributed by atoms with E-state index in [0.717, 1.165) is 49.0 Å². The zero-order valence-corrected chi connectivity index (χ0v) is 14.8. The van der Waals surface area contributed by atoms with Gasteiger partial charge in [-0.05, 0) is 19.3 Å². The predicted octanol–water partition coefficient (Wildman–Crippen LogP) is 2.10. The van der Waals surface area contributed by atoms with Gasteiger partial charge in [-0.3, -0.25) is 14.4 Å². The molecule has 2 fully saturated rings. The first-order valence-corrected chi connectivity index (χ1v) is 9.45. The van der Waals surface area contributed by atoms with E-state index in [1.54, 1.807) is 17.5 Å². The minimum atomic E-state index is 0.155. The number of hydrogen-bond acceptors (Lipinski definition) is 5. The van der Waals surface area contributed by atoms with Gasteiger partial charge in [0.15, 0.2) is 0 Å². The van der Waals surface area contributed by atoms with E-state index in [0.29, 0.717) is 5.92 Å². The highest BCUT2D eigenvalue weighted by molar-refractivity contribution is 7.13. The van der Waals surface area contributed by atoms with Gasteiger partial charge in [0, 0.05) is 57.4 Å². The van der Waals surface area contributed by atoms with Gasteiger partial charge in [-0.2, -0.15) is 5.10 Å². The molecule has 7 heteroatoms. The van der Waals surface area contributed by atoms with Gasteiger partial charge in [-0.15, -0.1) is 11.3 Å². The van der Waals surface area contributed by atoms with Crippen molar-refractivity contribution in [2.24, 2.45) is 7.05 Å². The first kappa shape index (κ1) is 15.8. The molecule has 4 rings (SSSR count). The van der Waals surface area contributed by atoms with Gasteiger partial charge in [0.2, 0.25) is 0 Å². The molecule has 6 nitrogen and oxygen atoms in total. The molecule has 0 spiro atoms. The van der Waals surface area contributed by atoms with Crippen LogP contribution in [0.4, 0.5) is 0 Å². The molecule has 0 radical (unpaired) electrons. The second-order valence-electron chi connectivity index (χ2n) is 6.78. The quantitative estimate of drug-likeness (QED) is 0.852. The maximum Gasteiger partial charge on any atom is 0.265 e. The van der Waals surface area contributed by atoms with Crippen LogP contribution in [0.15, 0.2) is 18.6 Å². The van der Waals surface area contributed by atoms with Crippen LogP contribution < -0.4 is 0 Å². The molecule has 1 aliphatic heterocycles. The van der Waals surface area contributed by atoms with E-state index in [1.165, 1.54) is 18.4 Å². The van der Waals surface area contributed by atoms with Gasteiger partial charge < -0.3 is 4.90 Å². The number of aromatic nitrogens is 3. The molecule has 0 bridgehead atoms. The third-order valence-electron chi connectivity index (χ3n) is 4.70. The molecule has 0 atom stereocenters. The minimum Gasteiger partial charge on any atom is -0.337 e. The Kier molecular flexibility index (Phi) is 4.37. The molecular weight excluding hydrogens is 322 g/mol. The Bertz CT molecular complexity index is 720. The van der Waals surface area contributed by atoms with E-state index >= 15 is 0 Å². The van der Waals surface area contributed by atoms with Crippen molar-refractivity contribution in [2.45, 2.75) is 31.7 Å². The highest BCUT2D eigenvalue weighted by Crippen LogP contribution is 2.41. The summed E-state index contributed by atoms with van der Waals surface area (Å²) in [5.41, 5.74) is 1.23. The molecule has 0 N–H and O–H groups in total. The van der Waals surface area contributed by atoms with Crippen LogP contribution in [0.25, 0.3) is 0 Å². The third-order valence-corrected chi connectivity index (χ3v) is 5.85. The molecule has 2 aliphatic rings. The number of aryl methyl sites for hydroxylation is 1. The second kappa shape index (κ2) is 6.64. The van der Waals surface area contributed by atoms with Crippen LogP contribution in [0.1, 0.15) is 45.4 Å². The standard InChI is InChI=1S/C17H23N5OS/c1-20-11-13(9-19-20)12-21-5-2-6-22(8-7-21)17(23)15-10-18-16(24-15)14-3-4-14/h9-11,14H,2-8,12H2,1H3. The number of amides is 1. The van der Waals surface area contributed by atoms with Crippen LogP contribution in [0.2, 0.25) is 0 Å². The van der Waals surface area contributed by atoms with Crippen LogP contribution in [0, 0.1) is 0 Å². The van der Waals surface area contributed by atoms with E-state index in [1.807, 2.05) is 22.8 Å². The van der Waals surface area contributed by atoms with Gasteiger partial charge in [0.1, 0.15) is 4.88 Å². The average Bonchev–Trinajstić information content (AvgIpc) is 3.24. The lowest BCUT2D eigenvalue weighted by molar-refractivity contribution is 0.0765. The van der Waals surface area contributed by atoms with Gasteiger partial charge in [0.05, 0.1) is 17.4 Å². The van der Waals surface area contributed by atoms with Gasteiger partial charge in [-0.1, -0.05) is 0 Å². The summed E-state index contributed by atoms with van der Waals surface area (Å²) in [6.45, 7) is 4.46. The Morgan fingerprint density at radius 2 is 2.12 bits per heavy atom. The molecule has 1 amide bonds. The fraction of sp³-hybridized carbons (Fsp3) is 0.588. The molecule has 2 aromatic heterocycles. The minimum absolute atomic E-state index is 0.155. The van der Waals surface area contributed by atoms with Crippen molar-refractivity contribution >= 4 is 17.2 Å². The maximum absolute atomic E-state index is 12.7. The van der Waals surface area contributed by atoms with Crippen LogP contribution >= 0.6 is 11.3 Å². The topological polar surface area (TPSA) is 54.3 Å². The molecular formula is C17H23N5OS. The van der Waals surface area contributed by atoms with E-state index in [9.17, 15) is 4.79 Å². The zero-order valence-electron chi connectivity index (χ0n) is 14.0. The highest BCUT2D eigenvalue weighted by atomic mass is 32.1. The molecule has 3 heterocycles. The molecule has 2 aromatic rings. The van der Waals surface area contributed by atoms with E-state index in [-0.39, 0.29) is 5.91 Å². The largest absolute Gasteiger partial charge is 0.337 e. The first-order valence-electron chi connectivity index (χ1n) is 8.64. The Hall–Kier alpha value is -1.73. The van der Waals surface area contributed by atoms with Gasteiger partial charge in [-0.25, -0.2) is 4.98 Å². The average molecular weight is 345 g/mol. The second-order valence-corrected chi connectivity index (χ2v) is 7.84. The number of carbonyl (C=O) groups is 1. The van der Waals surface area contributed by atoms with Crippen molar-refractivity contribution in [3.8, 4) is 0 Å². The number of nitrogens with zero attached hydrogens (tertiary/aromatic N) is 5. The number of carbonyl (C=O) groups excluding carboxylic acids is 1. The molecule has 1 aliphatic carbocycles. The van der Waals surface area contributed by atoms with Gasteiger partial charge >= 0.3 is 0 Å². The highest BCUT2D eigenvalue weighted by Gasteiger charge is 2.29. The monoisotopic (exact) mass is 345 g/mol. The molecule has 24 heavy (non-hydrogen) atoms. The SMILES string of the molecule is Cn1cc(CN2CCCN(C(=O)c3cnc(C4CC4)s3)CC2)cn1. The van der Waals surface area contributed by atoms with E-state index in [2.05, 4.69) is 21.2 Å². The van der Waals surface area contributed by atoms with Crippen LogP contribution in [-0.2, 0) is 13.6 Å². The maximum atomic E-state index is 12.7. The van der Waals surface area contributed by atoms with Gasteiger partial charge in [0.25, 0.3) is 5.91 Å². The summed E-state index contributed by atoms with van der Waals surface area (Å²) in [6.07, 6.45) is 9.23.